The molecule has 0 N–H and O–H groups in total. The summed E-state index contributed by atoms with van der Waals surface area (Å²) >= 11 is 0. The monoisotopic (exact) mass is 656 g/mol. The number of aromatic nitrogens is 1. The Kier molecular flexibility index (Phi) is 37.9. The van der Waals surface area contributed by atoms with Gasteiger partial charge < -0.3 is 0 Å². The summed E-state index contributed by atoms with van der Waals surface area (Å²) in [5.74, 6) is 0. The lowest BCUT2D eigenvalue weighted by Gasteiger charge is -2.05. The highest BCUT2D eigenvalue weighted by molar-refractivity contribution is 5.12. The number of rotatable bonds is 0. The molecule has 0 radical (unpaired) electrons. The summed E-state index contributed by atoms with van der Waals surface area (Å²) < 4.78 is 0. The van der Waals surface area contributed by atoms with Gasteiger partial charge in [-0.05, 0) is 51.0 Å². The smallest absolute Gasteiger partial charge is 0.0267 e. The lowest BCUT2D eigenvalue weighted by Crippen LogP contribution is -1.93. The molecule has 0 atom stereocenters. The van der Waals surface area contributed by atoms with Crippen LogP contribution < -0.4 is 0 Å². The van der Waals surface area contributed by atoms with Gasteiger partial charge in [0.05, 0.1) is 0 Å². The predicted octanol–water partition coefficient (Wildman–Crippen LogP) is 16.6. The van der Waals surface area contributed by atoms with E-state index in [-0.39, 0.29) is 0 Å². The number of nitrogens with zero attached hydrogens (tertiary/aromatic N) is 1. The maximum absolute atomic E-state index is 3.78. The molecular weight excluding hydrogens is 567 g/mol. The molecule has 1 nitrogen and oxygen atoms in total. The van der Waals surface area contributed by atoms with E-state index in [0.29, 0.717) is 32.5 Å². The second kappa shape index (κ2) is 31.1. The van der Waals surface area contributed by atoms with Crippen LogP contribution in [0.2, 0.25) is 0 Å². The van der Waals surface area contributed by atoms with Crippen LogP contribution >= 0.6 is 0 Å². The summed E-state index contributed by atoms with van der Waals surface area (Å²) in [5, 5.41) is 0. The molecule has 47 heavy (non-hydrogen) atoms. The molecule has 1 aliphatic rings. The van der Waals surface area contributed by atoms with E-state index in [2.05, 4.69) is 195 Å². The Labute approximate surface area is 300 Å². The summed E-state index contributed by atoms with van der Waals surface area (Å²) in [6.07, 6.45) is 13.0. The fourth-order valence-electron chi connectivity index (χ4n) is 1.09. The Bertz CT molecular complexity index is 653. The predicted molar refractivity (Wildman–Crippen MR) is 224 cm³/mol. The molecule has 1 aliphatic carbocycles. The van der Waals surface area contributed by atoms with Gasteiger partial charge in [0.25, 0.3) is 0 Å². The number of hydrogen-bond acceptors (Lipinski definition) is 1. The zero-order chi connectivity index (χ0) is 39.0. The minimum absolute atomic E-state index is 0.500. The van der Waals surface area contributed by atoms with Gasteiger partial charge in [-0.3, -0.25) is 4.98 Å². The van der Waals surface area contributed by atoms with E-state index < -0.39 is 0 Å². The van der Waals surface area contributed by atoms with Crippen LogP contribution in [-0.2, 0) is 0 Å². The minimum atomic E-state index is 0.500. The second-order valence-electron chi connectivity index (χ2n) is 21.3. The third-order valence-corrected chi connectivity index (χ3v) is 1.89. The molecule has 0 saturated carbocycles. The number of hydrogen-bond donors (Lipinski definition) is 0. The minimum Gasteiger partial charge on any atom is -0.265 e. The van der Waals surface area contributed by atoms with E-state index in [1.807, 2.05) is 54.6 Å². The average molecular weight is 656 g/mol. The highest BCUT2D eigenvalue weighted by Crippen LogP contribution is 2.10. The van der Waals surface area contributed by atoms with Crippen molar-refractivity contribution in [3.8, 4) is 0 Å². The van der Waals surface area contributed by atoms with Crippen molar-refractivity contribution in [1.82, 2.24) is 4.98 Å². The van der Waals surface area contributed by atoms with Crippen molar-refractivity contribution in [2.24, 2.45) is 32.5 Å². The molecule has 0 fully saturated rings. The van der Waals surface area contributed by atoms with E-state index in [4.69, 9.17) is 0 Å². The summed E-state index contributed by atoms with van der Waals surface area (Å²) in [7, 11) is 0. The van der Waals surface area contributed by atoms with Crippen molar-refractivity contribution in [2.75, 3.05) is 0 Å². The molecule has 1 aromatic heterocycles. The number of allylic oxidation sites excluding steroid dienone is 4. The van der Waals surface area contributed by atoms with E-state index in [1.54, 1.807) is 12.4 Å². The van der Waals surface area contributed by atoms with Crippen molar-refractivity contribution in [3.63, 3.8) is 0 Å². The third-order valence-electron chi connectivity index (χ3n) is 1.89. The first-order chi connectivity index (χ1) is 20.5. The van der Waals surface area contributed by atoms with Crippen LogP contribution in [-0.4, -0.2) is 4.98 Å². The summed E-state index contributed by atoms with van der Waals surface area (Å²) in [6.45, 7) is 52.5. The summed E-state index contributed by atoms with van der Waals surface area (Å²) in [4.78, 5) is 3.78. The Hall–Kier alpha value is -2.15. The molecule has 1 heterocycles. The van der Waals surface area contributed by atoms with Crippen LogP contribution in [0.3, 0.4) is 0 Å². The van der Waals surface area contributed by atoms with Crippen LogP contribution in [0.5, 0.6) is 0 Å². The Morgan fingerprint density at radius 2 is 0.426 bits per heavy atom. The topological polar surface area (TPSA) is 12.9 Å². The zero-order valence-corrected chi connectivity index (χ0v) is 36.8. The molecule has 2 aromatic rings. The zero-order valence-electron chi connectivity index (χ0n) is 36.8. The number of pyridine rings is 1. The van der Waals surface area contributed by atoms with Gasteiger partial charge in [0.15, 0.2) is 0 Å². The molecule has 3 rings (SSSR count). The van der Waals surface area contributed by atoms with Crippen molar-refractivity contribution in [3.05, 3.63) is 91.3 Å². The van der Waals surface area contributed by atoms with Gasteiger partial charge in [-0.1, -0.05) is 233 Å². The number of benzene rings is 1. The van der Waals surface area contributed by atoms with Crippen LogP contribution in [0.15, 0.2) is 91.3 Å². The summed E-state index contributed by atoms with van der Waals surface area (Å²) in [6, 6.07) is 17.7. The van der Waals surface area contributed by atoms with Gasteiger partial charge in [-0.2, -0.15) is 0 Å². The molecular formula is C46H89N. The molecule has 0 amide bonds. The molecule has 0 unspecified atom stereocenters. The molecule has 278 valence electrons. The molecule has 0 bridgehead atoms. The lowest BCUT2D eigenvalue weighted by atomic mass is 10.0. The van der Waals surface area contributed by atoms with Crippen LogP contribution in [0, 0.1) is 32.5 Å². The normalized spacial score (nSPS) is 11.6. The van der Waals surface area contributed by atoms with E-state index in [0.717, 1.165) is 6.42 Å². The highest BCUT2D eigenvalue weighted by atomic mass is 14.6. The van der Waals surface area contributed by atoms with Gasteiger partial charge in [0.1, 0.15) is 0 Å². The first-order valence-corrected chi connectivity index (χ1v) is 17.7. The third kappa shape index (κ3) is 348. The SMILES string of the molecule is C1=CCC=C1.CC(C)(C)C.CC(C)(C)C.CC(C)(C)C.CC(C)(C)C.CC(C)(C)C.CC(C)(C)C.c1ccccc1.c1ccncc1. The van der Waals surface area contributed by atoms with E-state index in [9.17, 15) is 0 Å². The highest BCUT2D eigenvalue weighted by Gasteiger charge is 1.97. The Balaban J connectivity index is -0.000000101. The Morgan fingerprint density at radius 3 is 0.489 bits per heavy atom. The maximum Gasteiger partial charge on any atom is 0.0267 e. The average Bonchev–Trinajstić information content (AvgIpc) is 3.36. The molecule has 0 aliphatic heterocycles. The molecule has 1 aromatic carbocycles. The first-order valence-electron chi connectivity index (χ1n) is 17.7. The van der Waals surface area contributed by atoms with Gasteiger partial charge in [-0.25, -0.2) is 0 Å². The van der Waals surface area contributed by atoms with Gasteiger partial charge >= 0.3 is 0 Å². The lowest BCUT2D eigenvalue weighted by molar-refractivity contribution is 0.469. The van der Waals surface area contributed by atoms with Gasteiger partial charge in [0, 0.05) is 12.4 Å². The fourth-order valence-corrected chi connectivity index (χ4v) is 1.09. The van der Waals surface area contributed by atoms with Crippen molar-refractivity contribution >= 4 is 0 Å². The van der Waals surface area contributed by atoms with Gasteiger partial charge in [-0.15, -0.1) is 0 Å². The van der Waals surface area contributed by atoms with Crippen LogP contribution in [0.1, 0.15) is 173 Å². The largest absolute Gasteiger partial charge is 0.265 e. The molecule has 1 heteroatoms. The molecule has 0 saturated heterocycles. The quantitative estimate of drug-likeness (QED) is 0.275. The first kappa shape index (κ1) is 57.1. The van der Waals surface area contributed by atoms with Crippen molar-refractivity contribution in [2.45, 2.75) is 173 Å². The van der Waals surface area contributed by atoms with E-state index >= 15 is 0 Å². The fraction of sp³-hybridized carbons (Fsp3) is 0.674. The van der Waals surface area contributed by atoms with E-state index in [1.165, 1.54) is 0 Å². The summed E-state index contributed by atoms with van der Waals surface area (Å²) in [5.41, 5.74) is 3.00. The van der Waals surface area contributed by atoms with Crippen molar-refractivity contribution in [1.29, 1.82) is 0 Å². The molecule has 0 spiro atoms. The second-order valence-corrected chi connectivity index (χ2v) is 21.3. The Morgan fingerprint density at radius 1 is 0.277 bits per heavy atom. The maximum atomic E-state index is 3.78. The van der Waals surface area contributed by atoms with Crippen LogP contribution in [0.4, 0.5) is 0 Å². The standard InChI is InChI=1S/C6H6.C5H5N.C5H6.6C5H12/c2*1-2-4-6-5-3-1;1-2-4-5-3-1;6*1-5(2,3)4/h1-6H;1-5H;1-4H,5H2;6*1-4H3. The van der Waals surface area contributed by atoms with Gasteiger partial charge in [0.2, 0.25) is 0 Å². The van der Waals surface area contributed by atoms with Crippen LogP contribution in [0.25, 0.3) is 0 Å². The van der Waals surface area contributed by atoms with Crippen molar-refractivity contribution < 1.29 is 0 Å².